The Labute approximate surface area is 123 Å². The van der Waals surface area contributed by atoms with E-state index in [0.29, 0.717) is 6.61 Å². The van der Waals surface area contributed by atoms with Gasteiger partial charge in [0.25, 0.3) is 0 Å². The van der Waals surface area contributed by atoms with Crippen molar-refractivity contribution in [3.05, 3.63) is 72.6 Å². The van der Waals surface area contributed by atoms with Gasteiger partial charge in [-0.25, -0.2) is 5.43 Å². The second kappa shape index (κ2) is 6.35. The number of nitrogens with two attached hydrogens (primary N) is 1. The van der Waals surface area contributed by atoms with Crippen LogP contribution in [0, 0.1) is 0 Å². The maximum Gasteiger partial charge on any atom is 0.119 e. The van der Waals surface area contributed by atoms with Gasteiger partial charge in [0, 0.05) is 17.8 Å². The number of rotatable bonds is 5. The summed E-state index contributed by atoms with van der Waals surface area (Å²) in [6.45, 7) is 0.453. The summed E-state index contributed by atoms with van der Waals surface area (Å²) < 4.78 is 5.80. The van der Waals surface area contributed by atoms with Gasteiger partial charge in [0.15, 0.2) is 0 Å². The van der Waals surface area contributed by atoms with Crippen molar-refractivity contribution < 1.29 is 4.74 Å². The standard InChI is InChI=1S/C17H17N3O/c18-20-17(12-21-14-6-2-1-3-7-14)15-8-4-5-13-9-10-19-11-16(13)15/h1-11,17,20H,12,18H2. The molecular weight excluding hydrogens is 262 g/mol. The summed E-state index contributed by atoms with van der Waals surface area (Å²) in [5, 5.41) is 2.22. The van der Waals surface area contributed by atoms with E-state index in [0.717, 1.165) is 22.1 Å². The Kier molecular flexibility index (Phi) is 4.09. The van der Waals surface area contributed by atoms with Gasteiger partial charge in [-0.05, 0) is 29.1 Å². The van der Waals surface area contributed by atoms with Gasteiger partial charge in [0.05, 0.1) is 6.04 Å². The number of hydrazine groups is 1. The molecular formula is C17H17N3O. The van der Waals surface area contributed by atoms with E-state index in [1.54, 1.807) is 6.20 Å². The zero-order chi connectivity index (χ0) is 14.5. The van der Waals surface area contributed by atoms with Gasteiger partial charge in [-0.2, -0.15) is 0 Å². The first-order valence-electron chi connectivity index (χ1n) is 6.85. The third kappa shape index (κ3) is 3.02. The van der Waals surface area contributed by atoms with Crippen molar-refractivity contribution in [3.63, 3.8) is 0 Å². The number of nitrogens with one attached hydrogen (secondary N) is 1. The highest BCUT2D eigenvalue weighted by molar-refractivity contribution is 5.85. The van der Waals surface area contributed by atoms with Gasteiger partial charge in [0.2, 0.25) is 0 Å². The number of nitrogens with zero attached hydrogens (tertiary/aromatic N) is 1. The molecule has 4 nitrogen and oxygen atoms in total. The predicted octanol–water partition coefficient (Wildman–Crippen LogP) is 2.82. The summed E-state index contributed by atoms with van der Waals surface area (Å²) in [5.74, 6) is 6.54. The summed E-state index contributed by atoms with van der Waals surface area (Å²) in [5.41, 5.74) is 3.91. The number of fused-ring (bicyclic) bond motifs is 1. The molecule has 0 aliphatic rings. The van der Waals surface area contributed by atoms with E-state index in [1.807, 2.05) is 54.7 Å². The molecule has 1 unspecified atom stereocenters. The van der Waals surface area contributed by atoms with Crippen LogP contribution in [0.3, 0.4) is 0 Å². The molecule has 0 aliphatic carbocycles. The fraction of sp³-hybridized carbons (Fsp3) is 0.118. The topological polar surface area (TPSA) is 60.2 Å². The van der Waals surface area contributed by atoms with Gasteiger partial charge >= 0.3 is 0 Å². The Morgan fingerprint density at radius 3 is 2.71 bits per heavy atom. The number of para-hydroxylation sites is 1. The summed E-state index contributed by atoms with van der Waals surface area (Å²) >= 11 is 0. The van der Waals surface area contributed by atoms with E-state index in [9.17, 15) is 0 Å². The van der Waals surface area contributed by atoms with Gasteiger partial charge < -0.3 is 4.74 Å². The van der Waals surface area contributed by atoms with Crippen LogP contribution in [-0.4, -0.2) is 11.6 Å². The summed E-state index contributed by atoms with van der Waals surface area (Å²) in [7, 11) is 0. The lowest BCUT2D eigenvalue weighted by molar-refractivity contribution is 0.268. The van der Waals surface area contributed by atoms with Crippen LogP contribution >= 0.6 is 0 Å². The monoisotopic (exact) mass is 279 g/mol. The highest BCUT2D eigenvalue weighted by Gasteiger charge is 2.13. The molecule has 1 heterocycles. The molecule has 0 radical (unpaired) electrons. The number of ether oxygens (including phenoxy) is 1. The maximum atomic E-state index is 5.80. The molecule has 21 heavy (non-hydrogen) atoms. The molecule has 3 aromatic rings. The SMILES string of the molecule is NNC(COc1ccccc1)c1cccc2ccncc12. The van der Waals surface area contributed by atoms with Crippen LogP contribution in [0.25, 0.3) is 10.8 Å². The fourth-order valence-corrected chi connectivity index (χ4v) is 2.36. The molecule has 0 saturated carbocycles. The molecule has 0 bridgehead atoms. The summed E-state index contributed by atoms with van der Waals surface area (Å²) in [6.07, 6.45) is 3.65. The normalized spacial score (nSPS) is 12.2. The predicted molar refractivity (Wildman–Crippen MR) is 83.7 cm³/mol. The minimum Gasteiger partial charge on any atom is -0.492 e. The Balaban J connectivity index is 1.85. The molecule has 0 amide bonds. The average Bonchev–Trinajstić information content (AvgIpc) is 2.56. The number of benzene rings is 2. The average molecular weight is 279 g/mol. The summed E-state index contributed by atoms with van der Waals surface area (Å²) in [6, 6.07) is 17.7. The second-order valence-electron chi connectivity index (χ2n) is 4.79. The van der Waals surface area contributed by atoms with Crippen molar-refractivity contribution in [1.82, 2.24) is 10.4 Å². The molecule has 4 heteroatoms. The molecule has 1 aromatic heterocycles. The number of hydrogen-bond donors (Lipinski definition) is 2. The highest BCUT2D eigenvalue weighted by Crippen LogP contribution is 2.24. The van der Waals surface area contributed by atoms with Crippen molar-refractivity contribution in [2.75, 3.05) is 6.61 Å². The molecule has 2 aromatic carbocycles. The van der Waals surface area contributed by atoms with E-state index >= 15 is 0 Å². The molecule has 0 saturated heterocycles. The van der Waals surface area contributed by atoms with E-state index < -0.39 is 0 Å². The van der Waals surface area contributed by atoms with Crippen molar-refractivity contribution in [1.29, 1.82) is 0 Å². The van der Waals surface area contributed by atoms with E-state index in [2.05, 4.69) is 16.5 Å². The molecule has 106 valence electrons. The van der Waals surface area contributed by atoms with Crippen LogP contribution in [-0.2, 0) is 0 Å². The van der Waals surface area contributed by atoms with Crippen molar-refractivity contribution in [2.24, 2.45) is 5.84 Å². The largest absolute Gasteiger partial charge is 0.492 e. The van der Waals surface area contributed by atoms with E-state index in [4.69, 9.17) is 10.6 Å². The molecule has 3 rings (SSSR count). The third-order valence-electron chi connectivity index (χ3n) is 3.45. The smallest absolute Gasteiger partial charge is 0.119 e. The van der Waals surface area contributed by atoms with Crippen LogP contribution < -0.4 is 16.0 Å². The van der Waals surface area contributed by atoms with Gasteiger partial charge in [-0.15, -0.1) is 0 Å². The van der Waals surface area contributed by atoms with Crippen LogP contribution in [0.2, 0.25) is 0 Å². The fourth-order valence-electron chi connectivity index (χ4n) is 2.36. The van der Waals surface area contributed by atoms with Crippen LogP contribution in [0.5, 0.6) is 5.75 Å². The Morgan fingerprint density at radius 2 is 1.90 bits per heavy atom. The summed E-state index contributed by atoms with van der Waals surface area (Å²) in [4.78, 5) is 4.20. The van der Waals surface area contributed by atoms with Crippen LogP contribution in [0.15, 0.2) is 67.0 Å². The highest BCUT2D eigenvalue weighted by atomic mass is 16.5. The first-order valence-corrected chi connectivity index (χ1v) is 6.85. The Hall–Kier alpha value is -2.43. The number of hydrogen-bond acceptors (Lipinski definition) is 4. The Morgan fingerprint density at radius 1 is 1.05 bits per heavy atom. The lowest BCUT2D eigenvalue weighted by Crippen LogP contribution is -2.32. The maximum absolute atomic E-state index is 5.80. The van der Waals surface area contributed by atoms with E-state index in [-0.39, 0.29) is 6.04 Å². The zero-order valence-electron chi connectivity index (χ0n) is 11.6. The zero-order valence-corrected chi connectivity index (χ0v) is 11.6. The molecule has 3 N–H and O–H groups in total. The second-order valence-corrected chi connectivity index (χ2v) is 4.79. The van der Waals surface area contributed by atoms with Crippen molar-refractivity contribution in [3.8, 4) is 5.75 Å². The number of aromatic nitrogens is 1. The van der Waals surface area contributed by atoms with E-state index in [1.165, 1.54) is 0 Å². The Bertz CT molecular complexity index is 710. The van der Waals surface area contributed by atoms with Crippen LogP contribution in [0.1, 0.15) is 11.6 Å². The third-order valence-corrected chi connectivity index (χ3v) is 3.45. The quantitative estimate of drug-likeness (QED) is 0.557. The first-order chi connectivity index (χ1) is 10.4. The van der Waals surface area contributed by atoms with Gasteiger partial charge in [0.1, 0.15) is 12.4 Å². The van der Waals surface area contributed by atoms with Gasteiger partial charge in [-0.3, -0.25) is 10.8 Å². The van der Waals surface area contributed by atoms with Crippen molar-refractivity contribution >= 4 is 10.8 Å². The lowest BCUT2D eigenvalue weighted by atomic mass is 10.0. The van der Waals surface area contributed by atoms with Crippen LogP contribution in [0.4, 0.5) is 0 Å². The molecule has 1 atom stereocenters. The first kappa shape index (κ1) is 13.5. The van der Waals surface area contributed by atoms with Crippen molar-refractivity contribution in [2.45, 2.75) is 6.04 Å². The molecule has 0 fully saturated rings. The van der Waals surface area contributed by atoms with Gasteiger partial charge in [-0.1, -0.05) is 36.4 Å². The minimum atomic E-state index is -0.0990. The molecule has 0 aliphatic heterocycles. The molecule has 0 spiro atoms. The lowest BCUT2D eigenvalue weighted by Gasteiger charge is -2.19. The number of pyridine rings is 1. The minimum absolute atomic E-state index is 0.0990.